The van der Waals surface area contributed by atoms with E-state index in [1.54, 1.807) is 6.07 Å². The van der Waals surface area contributed by atoms with Crippen LogP contribution in [0.15, 0.2) is 52.1 Å². The molecule has 8 nitrogen and oxygen atoms in total. The van der Waals surface area contributed by atoms with E-state index in [2.05, 4.69) is 30.6 Å². The number of rotatable bonds is 8. The minimum atomic E-state index is -0.102. The molecule has 0 fully saturated rings. The van der Waals surface area contributed by atoms with Gasteiger partial charge in [0, 0.05) is 24.1 Å². The van der Waals surface area contributed by atoms with E-state index in [4.69, 9.17) is 16.1 Å². The maximum Gasteiger partial charge on any atom is 0.227 e. The van der Waals surface area contributed by atoms with E-state index in [9.17, 15) is 4.79 Å². The fourth-order valence-corrected chi connectivity index (χ4v) is 3.79. The summed E-state index contributed by atoms with van der Waals surface area (Å²) in [7, 11) is 0. The van der Waals surface area contributed by atoms with Crippen molar-refractivity contribution in [1.29, 1.82) is 0 Å². The van der Waals surface area contributed by atoms with Gasteiger partial charge in [-0.3, -0.25) is 9.89 Å². The second-order valence-corrected chi connectivity index (χ2v) is 8.54. The highest BCUT2D eigenvalue weighted by atomic mass is 35.5. The van der Waals surface area contributed by atoms with Crippen LogP contribution < -0.4 is 5.32 Å². The van der Waals surface area contributed by atoms with Crippen molar-refractivity contribution in [3.63, 3.8) is 0 Å². The fourth-order valence-electron chi connectivity index (χ4n) is 2.93. The molecule has 1 amide bonds. The molecule has 10 heteroatoms. The third-order valence-corrected chi connectivity index (χ3v) is 5.96. The van der Waals surface area contributed by atoms with Crippen LogP contribution in [-0.4, -0.2) is 31.2 Å². The van der Waals surface area contributed by atoms with Crippen molar-refractivity contribution in [2.75, 3.05) is 5.32 Å². The summed E-state index contributed by atoms with van der Waals surface area (Å²) in [4.78, 5) is 21.0. The normalized spacial score (nSPS) is 11.0. The Morgan fingerprint density at radius 2 is 2.00 bits per heavy atom. The molecule has 2 N–H and O–H groups in total. The Morgan fingerprint density at radius 3 is 2.81 bits per heavy atom. The third-order valence-electron chi connectivity index (χ3n) is 4.79. The van der Waals surface area contributed by atoms with E-state index in [1.807, 2.05) is 50.2 Å². The third kappa shape index (κ3) is 5.54. The van der Waals surface area contributed by atoms with Gasteiger partial charge < -0.3 is 9.84 Å². The number of anilines is 1. The Morgan fingerprint density at radius 1 is 1.16 bits per heavy atom. The second kappa shape index (κ2) is 9.97. The number of thioether (sulfide) groups is 1. The lowest BCUT2D eigenvalue weighted by molar-refractivity contribution is -0.116. The number of nitrogens with one attached hydrogen (secondary N) is 2. The van der Waals surface area contributed by atoms with Crippen molar-refractivity contribution >= 4 is 35.0 Å². The lowest BCUT2D eigenvalue weighted by atomic mass is 10.1. The number of nitrogens with zero attached hydrogens (tertiary/aromatic N) is 4. The van der Waals surface area contributed by atoms with Gasteiger partial charge in [-0.1, -0.05) is 46.7 Å². The predicted molar refractivity (Wildman–Crippen MR) is 124 cm³/mol. The highest BCUT2D eigenvalue weighted by molar-refractivity contribution is 7.98. The van der Waals surface area contributed by atoms with E-state index in [-0.39, 0.29) is 12.3 Å². The average molecular weight is 469 g/mol. The molecule has 4 rings (SSSR count). The van der Waals surface area contributed by atoms with Gasteiger partial charge in [-0.15, -0.1) is 5.10 Å². The van der Waals surface area contributed by atoms with E-state index >= 15 is 0 Å². The van der Waals surface area contributed by atoms with E-state index in [0.717, 1.165) is 16.8 Å². The molecule has 2 aromatic heterocycles. The minimum Gasteiger partial charge on any atom is -0.339 e. The largest absolute Gasteiger partial charge is 0.339 e. The molecule has 2 aromatic carbocycles. The fraction of sp³-hybridized carbons (Fsp3) is 0.227. The van der Waals surface area contributed by atoms with Crippen LogP contribution in [-0.2, 0) is 17.0 Å². The van der Waals surface area contributed by atoms with Gasteiger partial charge in [0.15, 0.2) is 11.6 Å². The van der Waals surface area contributed by atoms with E-state index in [1.165, 1.54) is 17.3 Å². The summed E-state index contributed by atoms with van der Waals surface area (Å²) in [5, 5.41) is 15.1. The van der Waals surface area contributed by atoms with Gasteiger partial charge in [0.05, 0.1) is 10.8 Å². The SMILES string of the molecule is Cc1ccc(NC(=O)CCc2nc(CSc3n[nH]c(-c4ccccc4Cl)n3)no2)cc1C. The highest BCUT2D eigenvalue weighted by Gasteiger charge is 2.13. The number of aromatic nitrogens is 5. The summed E-state index contributed by atoms with van der Waals surface area (Å²) in [6, 6.07) is 13.3. The summed E-state index contributed by atoms with van der Waals surface area (Å²) >= 11 is 7.57. The first-order valence-corrected chi connectivity index (χ1v) is 11.3. The average Bonchev–Trinajstić information content (AvgIpc) is 3.43. The van der Waals surface area contributed by atoms with Crippen LogP contribution >= 0.6 is 23.4 Å². The molecule has 32 heavy (non-hydrogen) atoms. The van der Waals surface area contributed by atoms with Crippen molar-refractivity contribution in [2.24, 2.45) is 0 Å². The zero-order valence-corrected chi connectivity index (χ0v) is 19.1. The van der Waals surface area contributed by atoms with Crippen LogP contribution in [0, 0.1) is 13.8 Å². The smallest absolute Gasteiger partial charge is 0.227 e. The summed E-state index contributed by atoms with van der Waals surface area (Å²) in [5.41, 5.74) is 3.88. The van der Waals surface area contributed by atoms with Crippen molar-refractivity contribution in [3.05, 3.63) is 70.3 Å². The Hall–Kier alpha value is -3.17. The molecule has 0 atom stereocenters. The Balaban J connectivity index is 1.27. The Kier molecular flexibility index (Phi) is 6.87. The summed E-state index contributed by atoms with van der Waals surface area (Å²) < 4.78 is 5.26. The standard InChI is InChI=1S/C22H21ClN6O2S/c1-13-7-8-15(11-14(13)2)24-19(30)9-10-20-25-18(29-31-20)12-32-22-26-21(27-28-22)16-5-3-4-6-17(16)23/h3-8,11H,9-10,12H2,1-2H3,(H,24,30)(H,26,27,28). The number of carbonyl (C=O) groups excluding carboxylic acids is 1. The first-order valence-electron chi connectivity index (χ1n) is 9.96. The molecule has 4 aromatic rings. The molecule has 0 saturated heterocycles. The van der Waals surface area contributed by atoms with Crippen LogP contribution in [0.4, 0.5) is 5.69 Å². The van der Waals surface area contributed by atoms with Gasteiger partial charge >= 0.3 is 0 Å². The number of halogens is 1. The van der Waals surface area contributed by atoms with Gasteiger partial charge in [0.2, 0.25) is 17.0 Å². The van der Waals surface area contributed by atoms with Gasteiger partial charge in [0.25, 0.3) is 0 Å². The Bertz CT molecular complexity index is 1240. The van der Waals surface area contributed by atoms with E-state index in [0.29, 0.717) is 39.9 Å². The molecule has 0 saturated carbocycles. The molecular formula is C22H21ClN6O2S. The second-order valence-electron chi connectivity index (χ2n) is 7.19. The monoisotopic (exact) mass is 468 g/mol. The zero-order chi connectivity index (χ0) is 22.5. The van der Waals surface area contributed by atoms with Gasteiger partial charge in [-0.05, 0) is 49.2 Å². The molecular weight excluding hydrogens is 448 g/mol. The molecule has 0 bridgehead atoms. The van der Waals surface area contributed by atoms with Crippen molar-refractivity contribution < 1.29 is 9.32 Å². The molecule has 164 valence electrons. The number of aromatic amines is 1. The molecule has 0 aliphatic heterocycles. The molecule has 0 aliphatic carbocycles. The molecule has 0 unspecified atom stereocenters. The van der Waals surface area contributed by atoms with Crippen LogP contribution in [0.5, 0.6) is 0 Å². The van der Waals surface area contributed by atoms with Crippen molar-refractivity contribution in [1.82, 2.24) is 25.3 Å². The molecule has 0 aliphatic rings. The maximum atomic E-state index is 12.2. The first-order chi connectivity index (χ1) is 15.5. The number of hydrogen-bond acceptors (Lipinski definition) is 7. The summed E-state index contributed by atoms with van der Waals surface area (Å²) in [6.45, 7) is 4.05. The van der Waals surface area contributed by atoms with Gasteiger partial charge in [-0.2, -0.15) is 4.98 Å². The molecule has 2 heterocycles. The number of benzene rings is 2. The maximum absolute atomic E-state index is 12.2. The van der Waals surface area contributed by atoms with Gasteiger partial charge in [0.1, 0.15) is 0 Å². The topological polar surface area (TPSA) is 110 Å². The van der Waals surface area contributed by atoms with Crippen molar-refractivity contribution in [2.45, 2.75) is 37.6 Å². The minimum absolute atomic E-state index is 0.102. The molecule has 0 spiro atoms. The van der Waals surface area contributed by atoms with Crippen LogP contribution in [0.2, 0.25) is 5.02 Å². The molecule has 0 radical (unpaired) electrons. The summed E-state index contributed by atoms with van der Waals surface area (Å²) in [6.07, 6.45) is 0.621. The van der Waals surface area contributed by atoms with Gasteiger partial charge in [-0.25, -0.2) is 4.98 Å². The predicted octanol–water partition coefficient (Wildman–Crippen LogP) is 4.99. The van der Waals surface area contributed by atoms with Crippen molar-refractivity contribution in [3.8, 4) is 11.4 Å². The van der Waals surface area contributed by atoms with Crippen LogP contribution in [0.3, 0.4) is 0 Å². The highest BCUT2D eigenvalue weighted by Crippen LogP contribution is 2.26. The number of amides is 1. The van der Waals surface area contributed by atoms with Crippen LogP contribution in [0.25, 0.3) is 11.4 Å². The number of H-pyrrole nitrogens is 1. The lowest BCUT2D eigenvalue weighted by Gasteiger charge is -2.06. The van der Waals surface area contributed by atoms with E-state index < -0.39 is 0 Å². The number of hydrogen-bond donors (Lipinski definition) is 2. The zero-order valence-electron chi connectivity index (χ0n) is 17.6. The lowest BCUT2D eigenvalue weighted by Crippen LogP contribution is -2.12. The number of aryl methyl sites for hydroxylation is 3. The number of carbonyl (C=O) groups is 1. The quantitative estimate of drug-likeness (QED) is 0.350. The van der Waals surface area contributed by atoms with Crippen LogP contribution in [0.1, 0.15) is 29.3 Å². The first kappa shape index (κ1) is 22.0. The Labute approximate surface area is 194 Å². The summed E-state index contributed by atoms with van der Waals surface area (Å²) in [5.74, 6) is 1.88.